The Labute approximate surface area is 114 Å². The summed E-state index contributed by atoms with van der Waals surface area (Å²) in [5.74, 6) is -0.993. The molecule has 0 aliphatic heterocycles. The van der Waals surface area contributed by atoms with E-state index in [4.69, 9.17) is 0 Å². The number of carbonyl (C=O) groups excluding carboxylic acids is 1. The molecule has 1 amide bonds. The maximum absolute atomic E-state index is 12.3. The smallest absolute Gasteiger partial charge is 0.329 e. The first-order chi connectivity index (χ1) is 9.14. The highest BCUT2D eigenvalue weighted by Gasteiger charge is 2.41. The molecule has 1 fully saturated rings. The minimum Gasteiger partial charge on any atom is -0.480 e. The Balaban J connectivity index is 2.05. The van der Waals surface area contributed by atoms with Gasteiger partial charge in [-0.3, -0.25) is 4.79 Å². The quantitative estimate of drug-likeness (QED) is 0.609. The average Bonchev–Trinajstić information content (AvgIpc) is 2.66. The molecule has 0 saturated heterocycles. The van der Waals surface area contributed by atoms with Crippen LogP contribution in [0.3, 0.4) is 0 Å². The van der Waals surface area contributed by atoms with E-state index < -0.39 is 11.5 Å². The van der Waals surface area contributed by atoms with Crippen LogP contribution in [-0.4, -0.2) is 22.5 Å². The first-order valence-corrected chi connectivity index (χ1v) is 7.34. The van der Waals surface area contributed by atoms with Gasteiger partial charge in [-0.15, -0.1) is 0 Å². The monoisotopic (exact) mass is 265 g/mol. The SMILES string of the molecule is O=C(NC1(C(=O)O)CCCCCC1)C1CC=CCC1. The molecular weight excluding hydrogens is 242 g/mol. The van der Waals surface area contributed by atoms with Crippen molar-refractivity contribution in [3.05, 3.63) is 12.2 Å². The van der Waals surface area contributed by atoms with Crippen molar-refractivity contribution in [3.63, 3.8) is 0 Å². The third kappa shape index (κ3) is 3.37. The van der Waals surface area contributed by atoms with Gasteiger partial charge in [0.05, 0.1) is 0 Å². The fourth-order valence-electron chi connectivity index (χ4n) is 3.09. The molecule has 0 aromatic rings. The number of hydrogen-bond acceptors (Lipinski definition) is 2. The Hall–Kier alpha value is -1.32. The number of hydrogen-bond donors (Lipinski definition) is 2. The van der Waals surface area contributed by atoms with Crippen LogP contribution in [-0.2, 0) is 9.59 Å². The van der Waals surface area contributed by atoms with Gasteiger partial charge in [0.1, 0.15) is 5.54 Å². The van der Waals surface area contributed by atoms with Gasteiger partial charge in [-0.2, -0.15) is 0 Å². The Morgan fingerprint density at radius 2 is 1.79 bits per heavy atom. The second kappa shape index (κ2) is 6.22. The van der Waals surface area contributed by atoms with Crippen LogP contribution in [0.25, 0.3) is 0 Å². The summed E-state index contributed by atoms with van der Waals surface area (Å²) >= 11 is 0. The summed E-state index contributed by atoms with van der Waals surface area (Å²) in [6.07, 6.45) is 11.6. The van der Waals surface area contributed by atoms with Crippen LogP contribution in [0, 0.1) is 5.92 Å². The molecule has 2 rings (SSSR count). The van der Waals surface area contributed by atoms with Gasteiger partial charge in [0, 0.05) is 5.92 Å². The summed E-state index contributed by atoms with van der Waals surface area (Å²) in [6.45, 7) is 0. The zero-order valence-electron chi connectivity index (χ0n) is 11.4. The van der Waals surface area contributed by atoms with Gasteiger partial charge in [-0.1, -0.05) is 37.8 Å². The van der Waals surface area contributed by atoms with Gasteiger partial charge in [-0.25, -0.2) is 4.79 Å². The molecule has 4 nitrogen and oxygen atoms in total. The molecule has 0 aromatic heterocycles. The van der Waals surface area contributed by atoms with Crippen LogP contribution in [0.1, 0.15) is 57.8 Å². The summed E-state index contributed by atoms with van der Waals surface area (Å²) in [5.41, 5.74) is -1.02. The highest BCUT2D eigenvalue weighted by atomic mass is 16.4. The van der Waals surface area contributed by atoms with E-state index >= 15 is 0 Å². The third-order valence-corrected chi connectivity index (χ3v) is 4.37. The van der Waals surface area contributed by atoms with E-state index in [1.165, 1.54) is 0 Å². The van der Waals surface area contributed by atoms with Crippen LogP contribution in [0.15, 0.2) is 12.2 Å². The highest BCUT2D eigenvalue weighted by Crippen LogP contribution is 2.29. The Kier molecular flexibility index (Phi) is 4.61. The van der Waals surface area contributed by atoms with Crippen molar-refractivity contribution in [1.29, 1.82) is 0 Å². The van der Waals surface area contributed by atoms with Gasteiger partial charge in [-0.05, 0) is 32.1 Å². The van der Waals surface area contributed by atoms with Gasteiger partial charge < -0.3 is 10.4 Å². The van der Waals surface area contributed by atoms with Gasteiger partial charge in [0.25, 0.3) is 0 Å². The van der Waals surface area contributed by atoms with Crippen molar-refractivity contribution < 1.29 is 14.7 Å². The standard InChI is InChI=1S/C15H23NO3/c17-13(12-8-4-3-5-9-12)16-15(14(18)19)10-6-1-2-7-11-15/h3-4,12H,1-2,5-11H2,(H,16,17)(H,18,19). The molecule has 106 valence electrons. The Morgan fingerprint density at radius 1 is 1.11 bits per heavy atom. The van der Waals surface area contributed by atoms with Crippen LogP contribution in [0.5, 0.6) is 0 Å². The van der Waals surface area contributed by atoms with Crippen molar-refractivity contribution in [2.45, 2.75) is 63.3 Å². The van der Waals surface area contributed by atoms with E-state index in [2.05, 4.69) is 11.4 Å². The number of aliphatic carboxylic acids is 1. The topological polar surface area (TPSA) is 66.4 Å². The van der Waals surface area contributed by atoms with Crippen molar-refractivity contribution in [2.75, 3.05) is 0 Å². The minimum absolute atomic E-state index is 0.0514. The highest BCUT2D eigenvalue weighted by molar-refractivity contribution is 5.88. The summed E-state index contributed by atoms with van der Waals surface area (Å²) < 4.78 is 0. The van der Waals surface area contributed by atoms with E-state index in [9.17, 15) is 14.7 Å². The molecule has 0 heterocycles. The zero-order chi connectivity index (χ0) is 13.7. The van der Waals surface area contributed by atoms with Gasteiger partial charge in [0.15, 0.2) is 0 Å². The number of nitrogens with one attached hydrogen (secondary N) is 1. The molecule has 19 heavy (non-hydrogen) atoms. The summed E-state index contributed by atoms with van der Waals surface area (Å²) in [4.78, 5) is 23.9. The number of carboxylic acid groups (broad SMARTS) is 1. The van der Waals surface area contributed by atoms with E-state index in [-0.39, 0.29) is 11.8 Å². The molecular formula is C15H23NO3. The van der Waals surface area contributed by atoms with Crippen molar-refractivity contribution >= 4 is 11.9 Å². The number of carbonyl (C=O) groups is 2. The lowest BCUT2D eigenvalue weighted by Gasteiger charge is -2.31. The van der Waals surface area contributed by atoms with E-state index in [1.54, 1.807) is 0 Å². The number of amides is 1. The molecule has 0 radical (unpaired) electrons. The summed E-state index contributed by atoms with van der Waals surface area (Å²) in [6, 6.07) is 0. The van der Waals surface area contributed by atoms with Gasteiger partial charge in [0.2, 0.25) is 5.91 Å². The minimum atomic E-state index is -1.02. The normalized spacial score (nSPS) is 26.4. The fraction of sp³-hybridized carbons (Fsp3) is 0.733. The predicted octanol–water partition coefficient (Wildman–Crippen LogP) is 2.64. The number of rotatable bonds is 3. The molecule has 0 spiro atoms. The van der Waals surface area contributed by atoms with Gasteiger partial charge >= 0.3 is 5.97 Å². The lowest BCUT2D eigenvalue weighted by atomic mass is 9.87. The van der Waals surface area contributed by atoms with Crippen LogP contribution in [0.4, 0.5) is 0 Å². The van der Waals surface area contributed by atoms with Crippen LogP contribution in [0.2, 0.25) is 0 Å². The molecule has 4 heteroatoms. The predicted molar refractivity (Wildman–Crippen MR) is 72.7 cm³/mol. The van der Waals surface area contributed by atoms with E-state index in [0.717, 1.165) is 44.9 Å². The second-order valence-corrected chi connectivity index (χ2v) is 5.77. The summed E-state index contributed by atoms with van der Waals surface area (Å²) in [5, 5.41) is 12.4. The fourth-order valence-corrected chi connectivity index (χ4v) is 3.09. The largest absolute Gasteiger partial charge is 0.480 e. The molecule has 2 aliphatic carbocycles. The maximum Gasteiger partial charge on any atom is 0.329 e. The first-order valence-electron chi connectivity index (χ1n) is 7.34. The Bertz CT molecular complexity index is 368. The van der Waals surface area contributed by atoms with Crippen LogP contribution < -0.4 is 5.32 Å². The summed E-state index contributed by atoms with van der Waals surface area (Å²) in [7, 11) is 0. The Morgan fingerprint density at radius 3 is 2.32 bits per heavy atom. The van der Waals surface area contributed by atoms with E-state index in [0.29, 0.717) is 12.8 Å². The molecule has 2 N–H and O–H groups in total. The third-order valence-electron chi connectivity index (χ3n) is 4.37. The number of allylic oxidation sites excluding steroid dienone is 2. The van der Waals surface area contributed by atoms with Crippen molar-refractivity contribution in [2.24, 2.45) is 5.92 Å². The molecule has 0 aromatic carbocycles. The lowest BCUT2D eigenvalue weighted by Crippen LogP contribution is -2.55. The van der Waals surface area contributed by atoms with Crippen molar-refractivity contribution in [1.82, 2.24) is 5.32 Å². The van der Waals surface area contributed by atoms with Crippen molar-refractivity contribution in [3.8, 4) is 0 Å². The van der Waals surface area contributed by atoms with E-state index in [1.807, 2.05) is 6.08 Å². The first kappa shape index (κ1) is 14.1. The molecule has 1 unspecified atom stereocenters. The molecule has 2 aliphatic rings. The molecule has 0 bridgehead atoms. The molecule has 1 atom stereocenters. The molecule has 1 saturated carbocycles. The lowest BCUT2D eigenvalue weighted by molar-refractivity contribution is -0.149. The second-order valence-electron chi connectivity index (χ2n) is 5.77. The van der Waals surface area contributed by atoms with Crippen LogP contribution >= 0.6 is 0 Å². The number of carboxylic acids is 1. The zero-order valence-corrected chi connectivity index (χ0v) is 11.4. The maximum atomic E-state index is 12.3. The average molecular weight is 265 g/mol.